The molecular weight excluding hydrogens is 488 g/mol. The van der Waals surface area contributed by atoms with Gasteiger partial charge in [0.05, 0.1) is 24.7 Å². The van der Waals surface area contributed by atoms with Crippen LogP contribution in [0.25, 0.3) is 0 Å². The van der Waals surface area contributed by atoms with E-state index in [1.54, 1.807) is 31.2 Å². The maximum atomic E-state index is 12.8. The number of benzene rings is 2. The fourth-order valence-corrected chi connectivity index (χ4v) is 5.18. The molecule has 1 fully saturated rings. The van der Waals surface area contributed by atoms with Gasteiger partial charge in [0.1, 0.15) is 11.5 Å². The lowest BCUT2D eigenvalue weighted by atomic mass is 10.2. The summed E-state index contributed by atoms with van der Waals surface area (Å²) in [5.41, 5.74) is 0.608. The van der Waals surface area contributed by atoms with Crippen LogP contribution in [0.2, 0.25) is 0 Å². The van der Waals surface area contributed by atoms with Crippen LogP contribution in [-0.4, -0.2) is 75.5 Å². The molecule has 1 heterocycles. The van der Waals surface area contributed by atoms with Crippen molar-refractivity contribution in [2.45, 2.75) is 25.2 Å². The lowest BCUT2D eigenvalue weighted by molar-refractivity contribution is -0.128. The number of hydrogen-bond donors (Lipinski definition) is 1. The molecule has 0 aromatic heterocycles. The first kappa shape index (κ1) is 27.1. The molecule has 2 aromatic rings. The predicted molar refractivity (Wildman–Crippen MR) is 138 cm³/mol. The summed E-state index contributed by atoms with van der Waals surface area (Å²) in [6.45, 7) is 5.71. The van der Waals surface area contributed by atoms with Crippen LogP contribution >= 0.6 is 12.2 Å². The number of nitrogens with one attached hydrogen (secondary N) is 1. The van der Waals surface area contributed by atoms with E-state index in [-0.39, 0.29) is 28.9 Å². The molecule has 0 radical (unpaired) electrons. The van der Waals surface area contributed by atoms with Crippen LogP contribution in [0.4, 0.5) is 0 Å². The third-order valence-electron chi connectivity index (χ3n) is 5.39. The number of ether oxygens (including phenoxy) is 3. The van der Waals surface area contributed by atoms with Gasteiger partial charge in [0.15, 0.2) is 21.0 Å². The van der Waals surface area contributed by atoms with E-state index in [0.717, 1.165) is 13.1 Å². The SMILES string of the molecule is CC(=S)OC(CCS(=O)(=O)Cc1cccc(Oc2ccccc2)c1)C(=O)NCCN1CCOCC1. The van der Waals surface area contributed by atoms with Gasteiger partial charge in [0.2, 0.25) is 0 Å². The number of morpholine rings is 1. The van der Waals surface area contributed by atoms with Crippen LogP contribution < -0.4 is 10.1 Å². The normalized spacial score (nSPS) is 15.2. The maximum absolute atomic E-state index is 12.8. The zero-order chi connectivity index (χ0) is 25.1. The average Bonchev–Trinajstić information content (AvgIpc) is 2.83. The standard InChI is InChI=1S/C25H32N2O6S2/c1-20(34)32-24(25(28)26-11-12-27-13-15-31-16-14-27)10-17-35(29,30)19-21-6-5-9-23(18-21)33-22-7-3-2-4-8-22/h2-9,18,24H,10-17,19H2,1H3,(H,26,28). The lowest BCUT2D eigenvalue weighted by Gasteiger charge is -2.26. The number of hydrogen-bond acceptors (Lipinski definition) is 8. The summed E-state index contributed by atoms with van der Waals surface area (Å²) < 4.78 is 42.3. The number of thiocarbonyl (C=S) groups is 1. The molecule has 0 bridgehead atoms. The van der Waals surface area contributed by atoms with Gasteiger partial charge in [-0.05, 0) is 42.0 Å². The largest absolute Gasteiger partial charge is 0.474 e. The van der Waals surface area contributed by atoms with Gasteiger partial charge in [-0.3, -0.25) is 9.69 Å². The van der Waals surface area contributed by atoms with Crippen molar-refractivity contribution in [2.24, 2.45) is 0 Å². The fourth-order valence-electron chi connectivity index (χ4n) is 3.66. The van der Waals surface area contributed by atoms with Crippen molar-refractivity contribution >= 4 is 33.0 Å². The maximum Gasteiger partial charge on any atom is 0.261 e. The van der Waals surface area contributed by atoms with Crippen molar-refractivity contribution in [3.05, 3.63) is 60.2 Å². The van der Waals surface area contributed by atoms with Crippen molar-refractivity contribution in [1.82, 2.24) is 10.2 Å². The highest BCUT2D eigenvalue weighted by Crippen LogP contribution is 2.23. The van der Waals surface area contributed by atoms with Crippen LogP contribution in [0.1, 0.15) is 18.9 Å². The second-order valence-electron chi connectivity index (χ2n) is 8.29. The summed E-state index contributed by atoms with van der Waals surface area (Å²) >= 11 is 5.00. The quantitative estimate of drug-likeness (QED) is 0.427. The van der Waals surface area contributed by atoms with Gasteiger partial charge in [-0.2, -0.15) is 0 Å². The highest BCUT2D eigenvalue weighted by Gasteiger charge is 2.24. The van der Waals surface area contributed by atoms with Crippen LogP contribution in [0, 0.1) is 0 Å². The van der Waals surface area contributed by atoms with Gasteiger partial charge in [-0.15, -0.1) is 0 Å². The smallest absolute Gasteiger partial charge is 0.261 e. The molecule has 1 aliphatic heterocycles. The van der Waals surface area contributed by atoms with Gasteiger partial charge < -0.3 is 19.5 Å². The third-order valence-corrected chi connectivity index (χ3v) is 7.11. The Hall–Kier alpha value is -2.53. The van der Waals surface area contributed by atoms with E-state index in [1.165, 1.54) is 0 Å². The van der Waals surface area contributed by atoms with Gasteiger partial charge in [0.25, 0.3) is 5.91 Å². The minimum Gasteiger partial charge on any atom is -0.474 e. The first-order valence-electron chi connectivity index (χ1n) is 11.6. The zero-order valence-corrected chi connectivity index (χ0v) is 21.5. The second kappa shape index (κ2) is 13.5. The van der Waals surface area contributed by atoms with E-state index in [1.807, 2.05) is 30.3 Å². The molecule has 0 spiro atoms. The molecule has 1 saturated heterocycles. The Bertz CT molecular complexity index is 1070. The summed E-state index contributed by atoms with van der Waals surface area (Å²) in [7, 11) is -3.51. The third kappa shape index (κ3) is 9.93. The Morgan fingerprint density at radius 3 is 2.54 bits per heavy atom. The summed E-state index contributed by atoms with van der Waals surface area (Å²) in [5, 5.41) is 3.03. The van der Waals surface area contributed by atoms with E-state index >= 15 is 0 Å². The van der Waals surface area contributed by atoms with Gasteiger partial charge >= 0.3 is 0 Å². The molecule has 1 aliphatic rings. The van der Waals surface area contributed by atoms with Crippen LogP contribution in [0.15, 0.2) is 54.6 Å². The summed E-state index contributed by atoms with van der Waals surface area (Å²) in [5.74, 6) is 0.488. The molecule has 0 aliphatic carbocycles. The molecule has 1 N–H and O–H groups in total. The minimum absolute atomic E-state index is 0.0138. The number of rotatable bonds is 12. The molecule has 1 amide bonds. The van der Waals surface area contributed by atoms with Crippen molar-refractivity contribution in [1.29, 1.82) is 0 Å². The Labute approximate surface area is 212 Å². The Morgan fingerprint density at radius 2 is 1.83 bits per heavy atom. The van der Waals surface area contributed by atoms with Crippen molar-refractivity contribution in [3.8, 4) is 11.5 Å². The number of carbonyl (C=O) groups is 1. The molecule has 10 heteroatoms. The van der Waals surface area contributed by atoms with E-state index in [2.05, 4.69) is 10.2 Å². The van der Waals surface area contributed by atoms with Gasteiger partial charge in [0, 0.05) is 39.5 Å². The van der Waals surface area contributed by atoms with E-state index in [9.17, 15) is 13.2 Å². The Morgan fingerprint density at radius 1 is 1.11 bits per heavy atom. The van der Waals surface area contributed by atoms with E-state index in [4.69, 9.17) is 26.4 Å². The Kier molecular flexibility index (Phi) is 10.5. The summed E-state index contributed by atoms with van der Waals surface area (Å²) in [6.07, 6.45) is -0.945. The highest BCUT2D eigenvalue weighted by molar-refractivity contribution is 7.90. The highest BCUT2D eigenvalue weighted by atomic mass is 32.2. The molecule has 2 aromatic carbocycles. The van der Waals surface area contributed by atoms with Crippen LogP contribution in [0.5, 0.6) is 11.5 Å². The predicted octanol–water partition coefficient (Wildman–Crippen LogP) is 2.96. The topological polar surface area (TPSA) is 94.2 Å². The molecule has 1 unspecified atom stereocenters. The number of nitrogens with zero attached hydrogens (tertiary/aromatic N) is 1. The number of amides is 1. The van der Waals surface area contributed by atoms with Gasteiger partial charge in [-0.1, -0.05) is 30.3 Å². The molecule has 3 rings (SSSR count). The zero-order valence-electron chi connectivity index (χ0n) is 19.9. The lowest BCUT2D eigenvalue weighted by Crippen LogP contribution is -2.44. The first-order chi connectivity index (χ1) is 16.8. The molecule has 1 atom stereocenters. The molecule has 35 heavy (non-hydrogen) atoms. The van der Waals surface area contributed by atoms with E-state index in [0.29, 0.717) is 43.4 Å². The summed E-state index contributed by atoms with van der Waals surface area (Å²) in [4.78, 5) is 14.9. The number of sulfone groups is 1. The number of para-hydroxylation sites is 1. The fraction of sp³-hybridized carbons (Fsp3) is 0.440. The van der Waals surface area contributed by atoms with Gasteiger partial charge in [-0.25, -0.2) is 8.42 Å². The number of carbonyl (C=O) groups excluding carboxylic acids is 1. The Balaban J connectivity index is 1.52. The summed E-state index contributed by atoms with van der Waals surface area (Å²) in [6, 6.07) is 16.2. The van der Waals surface area contributed by atoms with E-state index < -0.39 is 15.9 Å². The van der Waals surface area contributed by atoms with Crippen LogP contribution in [-0.2, 0) is 29.9 Å². The monoisotopic (exact) mass is 520 g/mol. The molecule has 190 valence electrons. The first-order valence-corrected chi connectivity index (χ1v) is 13.8. The molecule has 0 saturated carbocycles. The minimum atomic E-state index is -3.51. The van der Waals surface area contributed by atoms with Crippen LogP contribution in [0.3, 0.4) is 0 Å². The second-order valence-corrected chi connectivity index (χ2v) is 11.0. The molecule has 8 nitrogen and oxygen atoms in total. The molecular formula is C25H32N2O6S2. The average molecular weight is 521 g/mol. The van der Waals surface area contributed by atoms with Crippen molar-refractivity contribution in [2.75, 3.05) is 45.1 Å². The van der Waals surface area contributed by atoms with Crippen molar-refractivity contribution < 1.29 is 27.4 Å². The van der Waals surface area contributed by atoms with Crippen molar-refractivity contribution in [3.63, 3.8) is 0 Å².